The number of amides is 2. The van der Waals surface area contributed by atoms with Gasteiger partial charge in [0, 0.05) is 24.2 Å². The average Bonchev–Trinajstić information content (AvgIpc) is 3.52. The zero-order valence-corrected chi connectivity index (χ0v) is 23.1. The van der Waals surface area contributed by atoms with Crippen LogP contribution >= 0.6 is 0 Å². The number of sulfonamides is 1. The highest BCUT2D eigenvalue weighted by Gasteiger charge is 2.53. The number of nitrogens with zero attached hydrogens (tertiary/aromatic N) is 1. The van der Waals surface area contributed by atoms with E-state index in [4.69, 9.17) is 9.31 Å². The second-order valence-corrected chi connectivity index (χ2v) is 13.3. The molecule has 37 heavy (non-hydrogen) atoms. The number of urea groups is 1. The third kappa shape index (κ3) is 4.58. The summed E-state index contributed by atoms with van der Waals surface area (Å²) < 4.78 is 38.8. The number of rotatable bonds is 5. The zero-order chi connectivity index (χ0) is 26.6. The van der Waals surface area contributed by atoms with Crippen molar-refractivity contribution in [3.05, 3.63) is 53.6 Å². The molecule has 10 heteroatoms. The molecule has 2 aliphatic heterocycles. The third-order valence-corrected chi connectivity index (χ3v) is 10.1. The van der Waals surface area contributed by atoms with Crippen LogP contribution in [0.1, 0.15) is 64.5 Å². The molecule has 2 amide bonds. The van der Waals surface area contributed by atoms with Crippen LogP contribution < -0.4 is 20.4 Å². The molecule has 2 fully saturated rings. The Labute approximate surface area is 220 Å². The first-order chi connectivity index (χ1) is 17.4. The number of fused-ring (bicyclic) bond motifs is 2. The lowest BCUT2D eigenvalue weighted by molar-refractivity contribution is 0.00578. The van der Waals surface area contributed by atoms with Crippen LogP contribution in [0, 0.1) is 0 Å². The predicted molar refractivity (Wildman–Crippen MR) is 145 cm³/mol. The van der Waals surface area contributed by atoms with E-state index in [1.165, 1.54) is 12.6 Å². The lowest BCUT2D eigenvalue weighted by Gasteiger charge is -2.32. The number of hydrogen-bond acceptors (Lipinski definition) is 5. The molecular formula is C27H36BN3O5S. The number of nitrogens with one attached hydrogen (secondary N) is 2. The van der Waals surface area contributed by atoms with Crippen molar-refractivity contribution >= 4 is 34.3 Å². The summed E-state index contributed by atoms with van der Waals surface area (Å²) >= 11 is 0. The Bertz CT molecular complexity index is 1290. The van der Waals surface area contributed by atoms with Crippen LogP contribution in [-0.4, -0.2) is 46.4 Å². The van der Waals surface area contributed by atoms with Gasteiger partial charge in [-0.25, -0.2) is 17.9 Å². The first kappa shape index (κ1) is 26.2. The van der Waals surface area contributed by atoms with Gasteiger partial charge >= 0.3 is 13.1 Å². The maximum atomic E-state index is 13.4. The molecule has 0 atom stereocenters. The molecule has 198 valence electrons. The highest BCUT2D eigenvalue weighted by molar-refractivity contribution is 7.89. The van der Waals surface area contributed by atoms with E-state index >= 15 is 0 Å². The van der Waals surface area contributed by atoms with Crippen LogP contribution in [-0.2, 0) is 31.3 Å². The highest BCUT2D eigenvalue weighted by Crippen LogP contribution is 2.50. The van der Waals surface area contributed by atoms with E-state index in [1.54, 1.807) is 24.3 Å². The minimum Gasteiger partial charge on any atom is -0.399 e. The van der Waals surface area contributed by atoms with Gasteiger partial charge in [-0.15, -0.1) is 0 Å². The van der Waals surface area contributed by atoms with Crippen molar-refractivity contribution in [3.8, 4) is 0 Å². The molecule has 2 aromatic rings. The quantitative estimate of drug-likeness (QED) is 0.584. The molecule has 2 N–H and O–H groups in total. The van der Waals surface area contributed by atoms with E-state index in [0.29, 0.717) is 13.1 Å². The monoisotopic (exact) mass is 525 g/mol. The van der Waals surface area contributed by atoms with Crippen molar-refractivity contribution in [3.63, 3.8) is 0 Å². The smallest absolute Gasteiger partial charge is 0.399 e. The minimum atomic E-state index is -3.49. The summed E-state index contributed by atoms with van der Waals surface area (Å²) in [6.45, 7) is 9.18. The molecular weight excluding hydrogens is 489 g/mol. The summed E-state index contributed by atoms with van der Waals surface area (Å²) in [6.07, 6.45) is 4.41. The first-order valence-electron chi connectivity index (χ1n) is 13.0. The van der Waals surface area contributed by atoms with Gasteiger partial charge < -0.3 is 14.6 Å². The zero-order valence-electron chi connectivity index (χ0n) is 22.3. The van der Waals surface area contributed by atoms with Crippen LogP contribution in [0.5, 0.6) is 0 Å². The van der Waals surface area contributed by atoms with E-state index in [2.05, 4.69) is 43.8 Å². The van der Waals surface area contributed by atoms with Gasteiger partial charge in [-0.2, -0.15) is 0 Å². The Morgan fingerprint density at radius 1 is 1.00 bits per heavy atom. The Morgan fingerprint density at radius 3 is 2.22 bits per heavy atom. The van der Waals surface area contributed by atoms with E-state index < -0.39 is 28.3 Å². The molecule has 1 saturated carbocycles. The summed E-state index contributed by atoms with van der Waals surface area (Å²) in [7, 11) is -2.55. The summed E-state index contributed by atoms with van der Waals surface area (Å²) in [5.74, 6) is 0. The topological polar surface area (TPSA) is 97.0 Å². The lowest BCUT2D eigenvalue weighted by atomic mass is 9.74. The molecule has 2 aromatic carbocycles. The third-order valence-electron chi connectivity index (χ3n) is 8.62. The van der Waals surface area contributed by atoms with Crippen LogP contribution in [0.15, 0.2) is 47.4 Å². The average molecular weight is 525 g/mol. The maximum absolute atomic E-state index is 13.4. The molecule has 0 unspecified atom stereocenters. The van der Waals surface area contributed by atoms with E-state index in [1.807, 2.05) is 17.0 Å². The van der Waals surface area contributed by atoms with Gasteiger partial charge in [-0.3, -0.25) is 4.90 Å². The molecule has 1 aliphatic carbocycles. The largest absolute Gasteiger partial charge is 0.494 e. The van der Waals surface area contributed by atoms with Gasteiger partial charge in [0.25, 0.3) is 0 Å². The normalized spacial score (nSPS) is 21.4. The maximum Gasteiger partial charge on any atom is 0.494 e. The van der Waals surface area contributed by atoms with Gasteiger partial charge in [0.05, 0.1) is 16.1 Å². The van der Waals surface area contributed by atoms with Crippen molar-refractivity contribution in [2.45, 2.75) is 81.4 Å². The Balaban J connectivity index is 1.35. The number of hydrogen-bond donors (Lipinski definition) is 2. The molecule has 1 saturated heterocycles. The van der Waals surface area contributed by atoms with Crippen molar-refractivity contribution in [2.75, 3.05) is 18.5 Å². The van der Waals surface area contributed by atoms with Gasteiger partial charge in [0.2, 0.25) is 10.0 Å². The highest BCUT2D eigenvalue weighted by atomic mass is 32.2. The summed E-state index contributed by atoms with van der Waals surface area (Å²) in [4.78, 5) is 15.4. The fourth-order valence-electron chi connectivity index (χ4n) is 5.65. The minimum absolute atomic E-state index is 0.0461. The van der Waals surface area contributed by atoms with Crippen LogP contribution in [0.2, 0.25) is 0 Å². The molecule has 2 heterocycles. The first-order valence-corrected chi connectivity index (χ1v) is 14.4. The lowest BCUT2D eigenvalue weighted by Crippen LogP contribution is -2.41. The Hall–Kier alpha value is -2.40. The Morgan fingerprint density at radius 2 is 1.62 bits per heavy atom. The standard InChI is InChI=1S/C27H36BN3O5S/c1-25(2)26(3,4)36-28(35-25)20-10-13-23-22(16-20)27(14-6-7-15-27)18-31(23)24(32)30-17-19-8-11-21(12-9-19)37(33,34)29-5/h8-13,16,29H,6-7,14-15,17-18H2,1-5H3,(H,30,32). The summed E-state index contributed by atoms with van der Waals surface area (Å²) in [5.41, 5.74) is 3.09. The molecule has 0 bridgehead atoms. The molecule has 8 nitrogen and oxygen atoms in total. The fraction of sp³-hybridized carbons (Fsp3) is 0.519. The van der Waals surface area contributed by atoms with Crippen molar-refractivity contribution in [2.24, 2.45) is 0 Å². The number of benzene rings is 2. The molecule has 3 aliphatic rings. The molecule has 0 radical (unpaired) electrons. The van der Waals surface area contributed by atoms with E-state index in [0.717, 1.165) is 42.4 Å². The van der Waals surface area contributed by atoms with Crippen molar-refractivity contribution in [1.82, 2.24) is 10.0 Å². The van der Waals surface area contributed by atoms with Crippen LogP contribution in [0.25, 0.3) is 0 Å². The van der Waals surface area contributed by atoms with E-state index in [-0.39, 0.29) is 16.3 Å². The van der Waals surface area contributed by atoms with Gasteiger partial charge in [0.15, 0.2) is 0 Å². The van der Waals surface area contributed by atoms with Gasteiger partial charge in [-0.1, -0.05) is 37.1 Å². The Kier molecular flexibility index (Phi) is 6.46. The van der Waals surface area contributed by atoms with Crippen LogP contribution in [0.3, 0.4) is 0 Å². The number of anilines is 1. The number of carbonyl (C=O) groups excluding carboxylic acids is 1. The number of carbonyl (C=O) groups is 1. The summed E-state index contributed by atoms with van der Waals surface area (Å²) in [6, 6.07) is 12.6. The van der Waals surface area contributed by atoms with Crippen LogP contribution in [0.4, 0.5) is 10.5 Å². The second kappa shape index (κ2) is 9.11. The molecule has 0 aromatic heterocycles. The summed E-state index contributed by atoms with van der Waals surface area (Å²) in [5, 5.41) is 3.02. The van der Waals surface area contributed by atoms with Gasteiger partial charge in [-0.05, 0) is 82.4 Å². The van der Waals surface area contributed by atoms with Gasteiger partial charge in [0.1, 0.15) is 0 Å². The second-order valence-electron chi connectivity index (χ2n) is 11.4. The van der Waals surface area contributed by atoms with Crippen molar-refractivity contribution in [1.29, 1.82) is 0 Å². The van der Waals surface area contributed by atoms with E-state index in [9.17, 15) is 13.2 Å². The molecule has 1 spiro atoms. The predicted octanol–water partition coefficient (Wildman–Crippen LogP) is 3.44. The SMILES string of the molecule is CNS(=O)(=O)c1ccc(CNC(=O)N2CC3(CCCC3)c3cc(B4OC(C)(C)C(C)(C)O4)ccc32)cc1. The molecule has 5 rings (SSSR count). The van der Waals surface area contributed by atoms with Crippen molar-refractivity contribution < 1.29 is 22.5 Å². The fourth-order valence-corrected chi connectivity index (χ4v) is 6.38.